The van der Waals surface area contributed by atoms with Crippen LogP contribution in [0.1, 0.15) is 25.5 Å². The zero-order valence-electron chi connectivity index (χ0n) is 16.0. The van der Waals surface area contributed by atoms with Crippen LogP contribution in [0.3, 0.4) is 0 Å². The van der Waals surface area contributed by atoms with E-state index in [1.165, 1.54) is 24.9 Å². The molecule has 0 fully saturated rings. The zero-order chi connectivity index (χ0) is 20.3. The summed E-state index contributed by atoms with van der Waals surface area (Å²) in [7, 11) is 3.08. The Kier molecular flexibility index (Phi) is 5.88. The second kappa shape index (κ2) is 8.34. The number of hydrogen-bond acceptors (Lipinski definition) is 7. The molecule has 3 aromatic rings. The van der Waals surface area contributed by atoms with Gasteiger partial charge in [0.2, 0.25) is 11.7 Å². The molecule has 2 aromatic heterocycles. The highest BCUT2D eigenvalue weighted by molar-refractivity contribution is 7.99. The Balaban J connectivity index is 1.78. The highest BCUT2D eigenvalue weighted by Gasteiger charge is 2.16. The first-order valence-electron chi connectivity index (χ1n) is 8.56. The number of hydrogen-bond donors (Lipinski definition) is 2. The van der Waals surface area contributed by atoms with Crippen molar-refractivity contribution in [2.45, 2.75) is 24.9 Å². The maximum absolute atomic E-state index is 12.4. The van der Waals surface area contributed by atoms with E-state index >= 15 is 0 Å². The SMILES string of the molecule is COc1ccc(OC)c(NC(=O)CSc2nnc3[nH]c(=O)cc(C(C)C)n23)c1. The van der Waals surface area contributed by atoms with E-state index < -0.39 is 0 Å². The van der Waals surface area contributed by atoms with Crippen LogP contribution in [-0.4, -0.2) is 45.5 Å². The summed E-state index contributed by atoms with van der Waals surface area (Å²) < 4.78 is 12.2. The van der Waals surface area contributed by atoms with Crippen molar-refractivity contribution in [3.8, 4) is 11.5 Å². The number of aromatic amines is 1. The number of amides is 1. The van der Waals surface area contributed by atoms with Crippen molar-refractivity contribution >= 4 is 29.1 Å². The van der Waals surface area contributed by atoms with Gasteiger partial charge in [-0.25, -0.2) is 0 Å². The van der Waals surface area contributed by atoms with Crippen LogP contribution in [0.25, 0.3) is 5.78 Å². The number of carbonyl (C=O) groups is 1. The summed E-state index contributed by atoms with van der Waals surface area (Å²) in [6.07, 6.45) is 0. The lowest BCUT2D eigenvalue weighted by atomic mass is 10.1. The number of anilines is 1. The third-order valence-corrected chi connectivity index (χ3v) is 4.94. The van der Waals surface area contributed by atoms with Gasteiger partial charge in [0.25, 0.3) is 5.56 Å². The normalized spacial score (nSPS) is 11.0. The summed E-state index contributed by atoms with van der Waals surface area (Å²) in [4.78, 5) is 26.9. The molecule has 0 saturated carbocycles. The first kappa shape index (κ1) is 19.7. The average Bonchev–Trinajstić information content (AvgIpc) is 3.08. The molecule has 0 aliphatic carbocycles. The summed E-state index contributed by atoms with van der Waals surface area (Å²) >= 11 is 1.23. The molecule has 0 aliphatic rings. The number of rotatable bonds is 7. The zero-order valence-corrected chi connectivity index (χ0v) is 16.8. The minimum absolute atomic E-state index is 0.0926. The largest absolute Gasteiger partial charge is 0.497 e. The molecule has 3 rings (SSSR count). The molecule has 1 amide bonds. The van der Waals surface area contributed by atoms with Gasteiger partial charge in [-0.3, -0.25) is 19.0 Å². The smallest absolute Gasteiger partial charge is 0.252 e. The van der Waals surface area contributed by atoms with Crippen LogP contribution >= 0.6 is 11.8 Å². The number of thioether (sulfide) groups is 1. The van der Waals surface area contributed by atoms with Crippen molar-refractivity contribution < 1.29 is 14.3 Å². The van der Waals surface area contributed by atoms with Gasteiger partial charge in [0.05, 0.1) is 25.7 Å². The fourth-order valence-corrected chi connectivity index (χ4v) is 3.43. The van der Waals surface area contributed by atoms with Crippen LogP contribution in [0.5, 0.6) is 11.5 Å². The number of methoxy groups -OCH3 is 2. The molecule has 0 aliphatic heterocycles. The summed E-state index contributed by atoms with van der Waals surface area (Å²) in [5, 5.41) is 11.4. The molecule has 0 atom stereocenters. The Bertz CT molecular complexity index is 1060. The highest BCUT2D eigenvalue weighted by atomic mass is 32.2. The lowest BCUT2D eigenvalue weighted by molar-refractivity contribution is -0.113. The second-order valence-corrected chi connectivity index (χ2v) is 7.20. The molecular formula is C18H21N5O4S. The Labute approximate surface area is 165 Å². The molecule has 0 spiro atoms. The van der Waals surface area contributed by atoms with Crippen molar-refractivity contribution in [2.24, 2.45) is 0 Å². The number of nitrogens with one attached hydrogen (secondary N) is 2. The molecule has 0 unspecified atom stereocenters. The van der Waals surface area contributed by atoms with E-state index in [0.29, 0.717) is 28.1 Å². The number of fused-ring (bicyclic) bond motifs is 1. The van der Waals surface area contributed by atoms with E-state index in [1.54, 1.807) is 29.7 Å². The van der Waals surface area contributed by atoms with Crippen molar-refractivity contribution in [1.82, 2.24) is 19.6 Å². The van der Waals surface area contributed by atoms with Gasteiger partial charge in [0, 0.05) is 17.8 Å². The standard InChI is InChI=1S/C18H21N5O4S/c1-10(2)13-8-15(24)20-17-21-22-18(23(13)17)28-9-16(25)19-12-7-11(26-3)5-6-14(12)27-4/h5-8,10H,9H2,1-4H3,(H,19,25)(H,20,21,24). The number of ether oxygens (including phenoxy) is 2. The first-order chi connectivity index (χ1) is 13.4. The van der Waals surface area contributed by atoms with E-state index in [0.717, 1.165) is 5.69 Å². The van der Waals surface area contributed by atoms with Crippen molar-refractivity contribution in [3.05, 3.63) is 40.3 Å². The molecule has 28 heavy (non-hydrogen) atoms. The predicted molar refractivity (Wildman–Crippen MR) is 107 cm³/mol. The summed E-state index contributed by atoms with van der Waals surface area (Å²) in [5.74, 6) is 1.47. The minimum atomic E-state index is -0.233. The number of H-pyrrole nitrogens is 1. The van der Waals surface area contributed by atoms with Gasteiger partial charge in [0.15, 0.2) is 5.16 Å². The van der Waals surface area contributed by atoms with Gasteiger partial charge < -0.3 is 14.8 Å². The molecule has 10 heteroatoms. The van der Waals surface area contributed by atoms with E-state index in [-0.39, 0.29) is 23.1 Å². The molecule has 0 bridgehead atoms. The van der Waals surface area contributed by atoms with E-state index in [2.05, 4.69) is 20.5 Å². The van der Waals surface area contributed by atoms with Gasteiger partial charge in [-0.15, -0.1) is 10.2 Å². The van der Waals surface area contributed by atoms with Crippen molar-refractivity contribution in [1.29, 1.82) is 0 Å². The Hall–Kier alpha value is -3.01. The van der Waals surface area contributed by atoms with Crippen molar-refractivity contribution in [3.63, 3.8) is 0 Å². The third-order valence-electron chi connectivity index (χ3n) is 4.01. The van der Waals surface area contributed by atoms with Gasteiger partial charge in [-0.2, -0.15) is 0 Å². The van der Waals surface area contributed by atoms with Gasteiger partial charge in [0.1, 0.15) is 11.5 Å². The second-order valence-electron chi connectivity index (χ2n) is 6.26. The number of benzene rings is 1. The monoisotopic (exact) mass is 403 g/mol. The summed E-state index contributed by atoms with van der Waals surface area (Å²) in [5.41, 5.74) is 1.06. The highest BCUT2D eigenvalue weighted by Crippen LogP contribution is 2.29. The van der Waals surface area contributed by atoms with Crippen LogP contribution < -0.4 is 20.3 Å². The number of carbonyl (C=O) groups excluding carboxylic acids is 1. The number of aromatic nitrogens is 4. The van der Waals surface area contributed by atoms with Crippen LogP contribution in [0.4, 0.5) is 5.69 Å². The Morgan fingerprint density at radius 1 is 1.25 bits per heavy atom. The van der Waals surface area contributed by atoms with Crippen LogP contribution in [0.2, 0.25) is 0 Å². The van der Waals surface area contributed by atoms with Crippen LogP contribution in [-0.2, 0) is 4.79 Å². The maximum atomic E-state index is 12.4. The van der Waals surface area contributed by atoms with Crippen molar-refractivity contribution in [2.75, 3.05) is 25.3 Å². The van der Waals surface area contributed by atoms with Gasteiger partial charge >= 0.3 is 0 Å². The molecule has 2 heterocycles. The molecule has 1 aromatic carbocycles. The molecular weight excluding hydrogens is 382 g/mol. The van der Waals surface area contributed by atoms with E-state index in [1.807, 2.05) is 13.8 Å². The fraction of sp³-hybridized carbons (Fsp3) is 0.333. The molecule has 0 radical (unpaired) electrons. The lowest BCUT2D eigenvalue weighted by Crippen LogP contribution is -2.16. The fourth-order valence-electron chi connectivity index (χ4n) is 2.68. The summed E-state index contributed by atoms with van der Waals surface area (Å²) in [6.45, 7) is 3.95. The lowest BCUT2D eigenvalue weighted by Gasteiger charge is -2.12. The third kappa shape index (κ3) is 4.11. The summed E-state index contributed by atoms with van der Waals surface area (Å²) in [6, 6.07) is 6.68. The van der Waals surface area contributed by atoms with E-state index in [9.17, 15) is 9.59 Å². The van der Waals surface area contributed by atoms with Crippen LogP contribution in [0.15, 0.2) is 34.2 Å². The molecule has 2 N–H and O–H groups in total. The van der Waals surface area contributed by atoms with Gasteiger partial charge in [-0.05, 0) is 18.1 Å². The van der Waals surface area contributed by atoms with Crippen LogP contribution in [0, 0.1) is 0 Å². The van der Waals surface area contributed by atoms with E-state index in [4.69, 9.17) is 9.47 Å². The molecule has 9 nitrogen and oxygen atoms in total. The topological polar surface area (TPSA) is 111 Å². The van der Waals surface area contributed by atoms with Gasteiger partial charge in [-0.1, -0.05) is 25.6 Å². The molecule has 148 valence electrons. The minimum Gasteiger partial charge on any atom is -0.497 e. The quantitative estimate of drug-likeness (QED) is 0.582. The number of nitrogens with zero attached hydrogens (tertiary/aromatic N) is 3. The Morgan fingerprint density at radius 2 is 2.04 bits per heavy atom. The molecule has 0 saturated heterocycles. The Morgan fingerprint density at radius 3 is 2.71 bits per heavy atom. The average molecular weight is 403 g/mol. The first-order valence-corrected chi connectivity index (χ1v) is 9.54. The predicted octanol–water partition coefficient (Wildman–Crippen LogP) is 2.29. The maximum Gasteiger partial charge on any atom is 0.252 e.